The molecule has 150 valence electrons. The summed E-state index contributed by atoms with van der Waals surface area (Å²) in [4.78, 5) is 12.4. The molecular weight excluding hydrogens is 438 g/mol. The highest BCUT2D eigenvalue weighted by Gasteiger charge is 2.12. The molecule has 0 saturated carbocycles. The van der Waals surface area contributed by atoms with Crippen molar-refractivity contribution >= 4 is 38.8 Å². The lowest BCUT2D eigenvalue weighted by Crippen LogP contribution is -2.19. The van der Waals surface area contributed by atoms with Crippen LogP contribution >= 0.6 is 15.9 Å². The van der Waals surface area contributed by atoms with Gasteiger partial charge in [0, 0.05) is 21.4 Å². The molecule has 0 radical (unpaired) electrons. The summed E-state index contributed by atoms with van der Waals surface area (Å²) in [6, 6.07) is 24.3. The summed E-state index contributed by atoms with van der Waals surface area (Å²) in [6.45, 7) is 4.11. The van der Waals surface area contributed by atoms with Crippen molar-refractivity contribution in [3.63, 3.8) is 0 Å². The van der Waals surface area contributed by atoms with Crippen molar-refractivity contribution in [2.45, 2.75) is 20.3 Å². The Morgan fingerprint density at radius 2 is 1.77 bits per heavy atom. The maximum absolute atomic E-state index is 12.4. The number of nitrogens with zero attached hydrogens (tertiary/aromatic N) is 2. The molecule has 0 bridgehead atoms. The minimum atomic E-state index is -0.137. The SMILES string of the molecule is Cc1cc(/C=N\NC(=O)Cc2cccc3ccccc23)c(C)n1-c1ccccc1Br. The third-order valence-electron chi connectivity index (χ3n) is 5.19. The monoisotopic (exact) mass is 459 g/mol. The van der Waals surface area contributed by atoms with E-state index in [-0.39, 0.29) is 12.3 Å². The van der Waals surface area contributed by atoms with Crippen molar-refractivity contribution in [2.75, 3.05) is 0 Å². The highest BCUT2D eigenvalue weighted by molar-refractivity contribution is 9.10. The molecule has 4 rings (SSSR count). The summed E-state index contributed by atoms with van der Waals surface area (Å²) in [6.07, 6.45) is 1.99. The van der Waals surface area contributed by atoms with E-state index in [2.05, 4.69) is 62.2 Å². The largest absolute Gasteiger partial charge is 0.317 e. The number of carbonyl (C=O) groups excluding carboxylic acids is 1. The number of carbonyl (C=O) groups is 1. The highest BCUT2D eigenvalue weighted by Crippen LogP contribution is 2.26. The van der Waals surface area contributed by atoms with Crippen LogP contribution in [0, 0.1) is 13.8 Å². The first-order chi connectivity index (χ1) is 14.5. The van der Waals surface area contributed by atoms with E-state index in [0.29, 0.717) is 0 Å². The van der Waals surface area contributed by atoms with E-state index in [1.165, 1.54) is 0 Å². The van der Waals surface area contributed by atoms with Crippen LogP contribution in [0.5, 0.6) is 0 Å². The molecule has 3 aromatic carbocycles. The molecule has 0 spiro atoms. The second kappa shape index (κ2) is 8.67. The average molecular weight is 460 g/mol. The Morgan fingerprint density at radius 3 is 2.60 bits per heavy atom. The maximum Gasteiger partial charge on any atom is 0.244 e. The van der Waals surface area contributed by atoms with Crippen LogP contribution in [0.4, 0.5) is 0 Å². The molecule has 0 unspecified atom stereocenters. The van der Waals surface area contributed by atoms with Crippen molar-refractivity contribution in [2.24, 2.45) is 5.10 Å². The topological polar surface area (TPSA) is 46.4 Å². The normalized spacial score (nSPS) is 11.3. The van der Waals surface area contributed by atoms with E-state index >= 15 is 0 Å². The number of hydrazone groups is 1. The minimum Gasteiger partial charge on any atom is -0.317 e. The third kappa shape index (κ3) is 4.07. The molecule has 0 saturated heterocycles. The lowest BCUT2D eigenvalue weighted by atomic mass is 10.0. The van der Waals surface area contributed by atoms with Gasteiger partial charge in [-0.15, -0.1) is 0 Å². The van der Waals surface area contributed by atoms with Gasteiger partial charge in [0.05, 0.1) is 18.3 Å². The van der Waals surface area contributed by atoms with Crippen LogP contribution in [0.3, 0.4) is 0 Å². The summed E-state index contributed by atoms with van der Waals surface area (Å²) in [5.74, 6) is -0.137. The lowest BCUT2D eigenvalue weighted by molar-refractivity contribution is -0.120. The van der Waals surface area contributed by atoms with Gasteiger partial charge in [-0.2, -0.15) is 5.10 Å². The first-order valence-electron chi connectivity index (χ1n) is 9.77. The van der Waals surface area contributed by atoms with E-state index in [1.807, 2.05) is 55.5 Å². The van der Waals surface area contributed by atoms with Crippen molar-refractivity contribution in [3.8, 4) is 5.69 Å². The molecule has 0 aliphatic heterocycles. The number of hydrogen-bond donors (Lipinski definition) is 1. The van der Waals surface area contributed by atoms with Crippen molar-refractivity contribution in [3.05, 3.63) is 99.8 Å². The van der Waals surface area contributed by atoms with Crippen LogP contribution in [0.2, 0.25) is 0 Å². The van der Waals surface area contributed by atoms with Crippen molar-refractivity contribution in [1.82, 2.24) is 9.99 Å². The zero-order chi connectivity index (χ0) is 21.1. The van der Waals surface area contributed by atoms with Gasteiger partial charge in [-0.25, -0.2) is 5.43 Å². The number of nitrogens with one attached hydrogen (secondary N) is 1. The Balaban J connectivity index is 1.49. The molecule has 0 fully saturated rings. The Kier molecular flexibility index (Phi) is 5.81. The predicted molar refractivity (Wildman–Crippen MR) is 126 cm³/mol. The second-order valence-electron chi connectivity index (χ2n) is 7.22. The number of aromatic nitrogens is 1. The van der Waals surface area contributed by atoms with Crippen LogP contribution in [0.1, 0.15) is 22.5 Å². The molecule has 1 amide bonds. The van der Waals surface area contributed by atoms with E-state index in [1.54, 1.807) is 6.21 Å². The molecule has 1 aromatic heterocycles. The summed E-state index contributed by atoms with van der Waals surface area (Å²) < 4.78 is 3.20. The Labute approximate surface area is 184 Å². The Bertz CT molecular complexity index is 1250. The first-order valence-corrected chi connectivity index (χ1v) is 10.6. The number of amides is 1. The maximum atomic E-state index is 12.4. The third-order valence-corrected chi connectivity index (χ3v) is 5.86. The standard InChI is InChI=1S/C25H22BrN3O/c1-17-14-21(18(2)29(17)24-13-6-5-12-23(24)26)16-27-28-25(30)15-20-10-7-9-19-8-3-4-11-22(19)20/h3-14,16H,15H2,1-2H3,(H,28,30)/b27-16-. The van der Waals surface area contributed by atoms with Crippen LogP contribution in [-0.4, -0.2) is 16.7 Å². The molecule has 1 heterocycles. The minimum absolute atomic E-state index is 0.137. The van der Waals surface area contributed by atoms with E-state index in [9.17, 15) is 4.79 Å². The molecule has 0 aliphatic carbocycles. The van der Waals surface area contributed by atoms with Gasteiger partial charge in [-0.1, -0.05) is 54.6 Å². The molecule has 4 nitrogen and oxygen atoms in total. The van der Waals surface area contributed by atoms with Gasteiger partial charge in [0.25, 0.3) is 0 Å². The number of hydrogen-bond acceptors (Lipinski definition) is 2. The summed E-state index contributed by atoms with van der Waals surface area (Å²) in [5, 5.41) is 6.42. The van der Waals surface area contributed by atoms with Gasteiger partial charge in [-0.05, 0) is 64.3 Å². The fourth-order valence-electron chi connectivity index (χ4n) is 3.76. The van der Waals surface area contributed by atoms with Gasteiger partial charge in [-0.3, -0.25) is 4.79 Å². The Morgan fingerprint density at radius 1 is 1.03 bits per heavy atom. The zero-order valence-corrected chi connectivity index (χ0v) is 18.5. The van der Waals surface area contributed by atoms with Gasteiger partial charge in [0.2, 0.25) is 5.91 Å². The van der Waals surface area contributed by atoms with Gasteiger partial charge < -0.3 is 4.57 Å². The summed E-state index contributed by atoms with van der Waals surface area (Å²) >= 11 is 3.62. The quantitative estimate of drug-likeness (QED) is 0.301. The molecule has 1 N–H and O–H groups in total. The average Bonchev–Trinajstić information content (AvgIpc) is 3.02. The van der Waals surface area contributed by atoms with E-state index in [0.717, 1.165) is 43.4 Å². The number of rotatable bonds is 5. The fraction of sp³-hybridized carbons (Fsp3) is 0.120. The molecular formula is C25H22BrN3O. The fourth-order valence-corrected chi connectivity index (χ4v) is 4.22. The molecule has 4 aromatic rings. The van der Waals surface area contributed by atoms with Crippen LogP contribution in [-0.2, 0) is 11.2 Å². The second-order valence-corrected chi connectivity index (χ2v) is 8.08. The Hall–Kier alpha value is -3.18. The number of benzene rings is 3. The van der Waals surface area contributed by atoms with E-state index < -0.39 is 0 Å². The number of aryl methyl sites for hydroxylation is 1. The van der Waals surface area contributed by atoms with Crippen LogP contribution in [0.15, 0.2) is 82.4 Å². The lowest BCUT2D eigenvalue weighted by Gasteiger charge is -2.11. The molecule has 0 aliphatic rings. The number of fused-ring (bicyclic) bond motifs is 1. The smallest absolute Gasteiger partial charge is 0.244 e. The predicted octanol–water partition coefficient (Wildman–Crippen LogP) is 5.70. The number of para-hydroxylation sites is 1. The van der Waals surface area contributed by atoms with Crippen LogP contribution < -0.4 is 5.43 Å². The zero-order valence-electron chi connectivity index (χ0n) is 16.9. The van der Waals surface area contributed by atoms with Gasteiger partial charge >= 0.3 is 0 Å². The number of halogens is 1. The van der Waals surface area contributed by atoms with Gasteiger partial charge in [0.1, 0.15) is 0 Å². The molecule has 30 heavy (non-hydrogen) atoms. The first kappa shape index (κ1) is 20.1. The summed E-state index contributed by atoms with van der Waals surface area (Å²) in [7, 11) is 0. The molecule has 5 heteroatoms. The summed E-state index contributed by atoms with van der Waals surface area (Å²) in [5.41, 5.74) is 7.86. The van der Waals surface area contributed by atoms with E-state index in [4.69, 9.17) is 0 Å². The van der Waals surface area contributed by atoms with Crippen molar-refractivity contribution < 1.29 is 4.79 Å². The van der Waals surface area contributed by atoms with Crippen molar-refractivity contribution in [1.29, 1.82) is 0 Å². The van der Waals surface area contributed by atoms with Crippen LogP contribution in [0.25, 0.3) is 16.5 Å². The molecule has 0 atom stereocenters. The van der Waals surface area contributed by atoms with Gasteiger partial charge in [0.15, 0.2) is 0 Å². The highest BCUT2D eigenvalue weighted by atomic mass is 79.9.